The normalized spacial score (nSPS) is 13.4. The summed E-state index contributed by atoms with van der Waals surface area (Å²) >= 11 is 3.09. The van der Waals surface area contributed by atoms with Crippen molar-refractivity contribution in [1.29, 1.82) is 0 Å². The molecule has 5 aromatic rings. The van der Waals surface area contributed by atoms with E-state index in [1.807, 2.05) is 6.07 Å². The van der Waals surface area contributed by atoms with Crippen LogP contribution in [-0.4, -0.2) is 20.1 Å². The molecule has 4 aromatic carbocycles. The third kappa shape index (κ3) is 8.84. The Morgan fingerprint density at radius 2 is 0.911 bits per heavy atom. The second-order valence-corrected chi connectivity index (χ2v) is 21.4. The Morgan fingerprint density at radius 3 is 1.36 bits per heavy atom. The van der Waals surface area contributed by atoms with Gasteiger partial charge in [-0.1, -0.05) is 131 Å². The average molecular weight is 792 g/mol. The van der Waals surface area contributed by atoms with Crippen LogP contribution in [0.25, 0.3) is 0 Å². The van der Waals surface area contributed by atoms with Crippen molar-refractivity contribution in [3.8, 4) is 41.0 Å². The molecule has 296 valence electrons. The number of nitrogens with zero attached hydrogens (tertiary/aromatic N) is 3. The number of hydrogen-bond acceptors (Lipinski definition) is 9. The van der Waals surface area contributed by atoms with Crippen molar-refractivity contribution in [2.75, 3.05) is 0 Å². The molecule has 6 rings (SSSR count). The van der Waals surface area contributed by atoms with E-state index in [2.05, 4.69) is 153 Å². The Balaban J connectivity index is 1.59. The smallest absolute Gasteiger partial charge is 0.331 e. The topological polar surface area (TPSA) is 86.6 Å². The molecule has 0 fully saturated rings. The number of aromatic hydroxyl groups is 1. The third-order valence-corrected chi connectivity index (χ3v) is 11.7. The molecular formula is C47H57N3O4S2. The van der Waals surface area contributed by atoms with Gasteiger partial charge in [0.25, 0.3) is 0 Å². The predicted molar refractivity (Wildman–Crippen MR) is 229 cm³/mol. The van der Waals surface area contributed by atoms with Crippen LogP contribution in [-0.2, 0) is 21.7 Å². The van der Waals surface area contributed by atoms with Crippen molar-refractivity contribution in [1.82, 2.24) is 15.0 Å². The number of phenolic OH excluding ortho intramolecular Hbond substituents is 1. The molecule has 9 heteroatoms. The molecule has 56 heavy (non-hydrogen) atoms. The van der Waals surface area contributed by atoms with Crippen molar-refractivity contribution in [3.05, 3.63) is 93.0 Å². The maximum Gasteiger partial charge on any atom is 0.331 e. The largest absolute Gasteiger partial charge is 0.506 e. The first-order valence-corrected chi connectivity index (χ1v) is 20.9. The van der Waals surface area contributed by atoms with Gasteiger partial charge in [0, 0.05) is 22.3 Å². The molecule has 7 nitrogen and oxygen atoms in total. The highest BCUT2D eigenvalue weighted by molar-refractivity contribution is 7.99. The molecule has 1 aromatic heterocycles. The summed E-state index contributed by atoms with van der Waals surface area (Å²) in [5.41, 5.74) is 7.26. The molecule has 0 amide bonds. The number of rotatable bonds is 4. The predicted octanol–water partition coefficient (Wildman–Crippen LogP) is 14.0. The number of aromatic nitrogens is 3. The highest BCUT2D eigenvalue weighted by Gasteiger charge is 2.31. The standard InChI is InChI=1S/C47H57N3O4S2/c1-25-17-29(44(5,6)7)37(51)33(21-25)55-34-22-26(2)18-30(45(8,9)10)38(34)52-41-48-42-50-43(49-41)54-40-32(47(14,15)16)20-28(4)24-36(40)56-35-23-27(3)19-31(39(35)53-42)46(11,12)13/h17-24,51H,1-16H3. The van der Waals surface area contributed by atoms with E-state index in [4.69, 9.17) is 29.2 Å². The van der Waals surface area contributed by atoms with E-state index < -0.39 is 0 Å². The minimum atomic E-state index is -0.317. The van der Waals surface area contributed by atoms with E-state index in [-0.39, 0.29) is 45.4 Å². The lowest BCUT2D eigenvalue weighted by molar-refractivity contribution is 0.342. The van der Waals surface area contributed by atoms with Crippen molar-refractivity contribution in [2.24, 2.45) is 0 Å². The van der Waals surface area contributed by atoms with Gasteiger partial charge in [-0.15, -0.1) is 15.0 Å². The molecule has 2 heterocycles. The molecule has 0 saturated carbocycles. The average Bonchev–Trinajstić information content (AvgIpc) is 3.03. The molecule has 0 unspecified atom stereocenters. The lowest BCUT2D eigenvalue weighted by Gasteiger charge is -2.28. The first-order valence-electron chi connectivity index (χ1n) is 19.2. The van der Waals surface area contributed by atoms with Gasteiger partial charge in [0.15, 0.2) is 0 Å². The second-order valence-electron chi connectivity index (χ2n) is 19.3. The van der Waals surface area contributed by atoms with E-state index >= 15 is 0 Å². The summed E-state index contributed by atoms with van der Waals surface area (Å²) < 4.78 is 20.4. The zero-order valence-corrected chi connectivity index (χ0v) is 37.6. The molecule has 2 bridgehead atoms. The fourth-order valence-electron chi connectivity index (χ4n) is 6.80. The van der Waals surface area contributed by atoms with Crippen LogP contribution in [0, 0.1) is 27.7 Å². The highest BCUT2D eigenvalue weighted by atomic mass is 32.2. The zero-order chi connectivity index (χ0) is 41.3. The Bertz CT molecular complexity index is 2250. The van der Waals surface area contributed by atoms with Crippen LogP contribution in [0.2, 0.25) is 0 Å². The molecule has 0 saturated heterocycles. The summed E-state index contributed by atoms with van der Waals surface area (Å²) in [5.74, 6) is 2.24. The zero-order valence-electron chi connectivity index (χ0n) is 35.9. The van der Waals surface area contributed by atoms with Gasteiger partial charge in [-0.2, -0.15) is 0 Å². The molecule has 1 aliphatic heterocycles. The van der Waals surface area contributed by atoms with Crippen LogP contribution in [0.5, 0.6) is 41.0 Å². The van der Waals surface area contributed by atoms with Crippen LogP contribution in [0.15, 0.2) is 68.1 Å². The summed E-state index contributed by atoms with van der Waals surface area (Å²) in [7, 11) is 0. The van der Waals surface area contributed by atoms with Gasteiger partial charge in [-0.25, -0.2) is 0 Å². The van der Waals surface area contributed by atoms with E-state index in [0.29, 0.717) is 17.2 Å². The van der Waals surface area contributed by atoms with E-state index in [0.717, 1.165) is 64.1 Å². The molecule has 0 spiro atoms. The lowest BCUT2D eigenvalue weighted by Crippen LogP contribution is -2.16. The monoisotopic (exact) mass is 791 g/mol. The summed E-state index contributed by atoms with van der Waals surface area (Å²) in [4.78, 5) is 17.8. The van der Waals surface area contributed by atoms with Gasteiger partial charge in [-0.05, 0) is 95.9 Å². The van der Waals surface area contributed by atoms with Gasteiger partial charge in [0.1, 0.15) is 23.0 Å². The molecule has 0 radical (unpaired) electrons. The molecule has 0 aliphatic carbocycles. The fourth-order valence-corrected chi connectivity index (χ4v) is 9.19. The summed E-state index contributed by atoms with van der Waals surface area (Å²) in [6.07, 6.45) is 0. The lowest BCUT2D eigenvalue weighted by atomic mass is 9.85. The molecule has 1 aliphatic rings. The van der Waals surface area contributed by atoms with E-state index in [1.54, 1.807) is 11.8 Å². The SMILES string of the molecule is Cc1cc(Sc2cc(C)cc(C(C)(C)C)c2Oc2nc3nc(n2)Oc2c(cc(C)cc2C(C)(C)C)Sc2cc(C)cc(C(C)(C)C)c2O3)c(O)c(C(C)(C)C)c1. The van der Waals surface area contributed by atoms with Crippen LogP contribution in [0.3, 0.4) is 0 Å². The Kier molecular flexibility index (Phi) is 10.8. The summed E-state index contributed by atoms with van der Waals surface area (Å²) in [6.45, 7) is 34.3. The van der Waals surface area contributed by atoms with Crippen LogP contribution in [0.4, 0.5) is 0 Å². The second kappa shape index (κ2) is 14.6. The van der Waals surface area contributed by atoms with E-state index in [9.17, 15) is 5.11 Å². The van der Waals surface area contributed by atoms with Crippen molar-refractivity contribution < 1.29 is 19.3 Å². The Labute approximate surface area is 342 Å². The maximum absolute atomic E-state index is 11.6. The number of benzene rings is 4. The quantitative estimate of drug-likeness (QED) is 0.187. The molecular weight excluding hydrogens is 735 g/mol. The molecule has 0 atom stereocenters. The fraction of sp³-hybridized carbons (Fsp3) is 0.426. The van der Waals surface area contributed by atoms with Crippen LogP contribution in [0.1, 0.15) is 128 Å². The summed E-state index contributed by atoms with van der Waals surface area (Å²) in [6, 6.07) is 17.1. The van der Waals surface area contributed by atoms with Crippen molar-refractivity contribution in [3.63, 3.8) is 0 Å². The van der Waals surface area contributed by atoms with Gasteiger partial charge >= 0.3 is 18.0 Å². The van der Waals surface area contributed by atoms with Crippen molar-refractivity contribution in [2.45, 2.75) is 152 Å². The molecule has 1 N–H and O–H groups in total. The Hall–Kier alpha value is -4.21. The number of ether oxygens (including phenoxy) is 3. The first-order chi connectivity index (χ1) is 25.8. The van der Waals surface area contributed by atoms with Crippen LogP contribution < -0.4 is 14.2 Å². The minimum Gasteiger partial charge on any atom is -0.506 e. The number of phenols is 1. The van der Waals surface area contributed by atoms with Gasteiger partial charge in [0.05, 0.1) is 19.6 Å². The van der Waals surface area contributed by atoms with Gasteiger partial charge in [-0.3, -0.25) is 0 Å². The van der Waals surface area contributed by atoms with Gasteiger partial charge in [0.2, 0.25) is 0 Å². The maximum atomic E-state index is 11.6. The summed E-state index contributed by atoms with van der Waals surface area (Å²) in [5, 5.41) is 11.6. The van der Waals surface area contributed by atoms with Crippen molar-refractivity contribution >= 4 is 23.5 Å². The van der Waals surface area contributed by atoms with Gasteiger partial charge < -0.3 is 19.3 Å². The number of aryl methyl sites for hydroxylation is 4. The highest BCUT2D eigenvalue weighted by Crippen LogP contribution is 2.52. The third-order valence-electron chi connectivity index (χ3n) is 9.64. The van der Waals surface area contributed by atoms with Crippen LogP contribution >= 0.6 is 23.5 Å². The first kappa shape index (κ1) is 41.4. The number of fused-ring (bicyclic) bond motifs is 4. The minimum absolute atomic E-state index is 0.0372. The van der Waals surface area contributed by atoms with E-state index in [1.165, 1.54) is 11.8 Å². The number of hydrogen-bond donors (Lipinski definition) is 1. The Morgan fingerprint density at radius 1 is 0.518 bits per heavy atom.